The van der Waals surface area contributed by atoms with Crippen molar-refractivity contribution in [2.75, 3.05) is 11.5 Å². The Bertz CT molecular complexity index is 427. The summed E-state index contributed by atoms with van der Waals surface area (Å²) in [6, 6.07) is 5.54. The van der Waals surface area contributed by atoms with Crippen LogP contribution in [-0.4, -0.2) is 9.36 Å². The van der Waals surface area contributed by atoms with Crippen molar-refractivity contribution in [3.8, 4) is 0 Å². The van der Waals surface area contributed by atoms with Crippen molar-refractivity contribution in [1.29, 1.82) is 0 Å². The molecule has 0 fully saturated rings. The quantitative estimate of drug-likeness (QED) is 0.761. The van der Waals surface area contributed by atoms with Crippen LogP contribution >= 0.6 is 23.3 Å². The summed E-state index contributed by atoms with van der Waals surface area (Å²) in [5.74, 6) is 0. The minimum Gasteiger partial charge on any atom is -0.397 e. The molecule has 14 heavy (non-hydrogen) atoms. The van der Waals surface area contributed by atoms with Gasteiger partial charge in [0.15, 0.2) is 4.34 Å². The molecule has 0 saturated carbocycles. The predicted octanol–water partition coefficient (Wildman–Crippen LogP) is 1.85. The van der Waals surface area contributed by atoms with E-state index in [-0.39, 0.29) is 0 Å². The van der Waals surface area contributed by atoms with Crippen LogP contribution in [0.25, 0.3) is 0 Å². The average molecular weight is 224 g/mol. The summed E-state index contributed by atoms with van der Waals surface area (Å²) < 4.78 is 4.81. The van der Waals surface area contributed by atoms with E-state index in [1.165, 1.54) is 29.6 Å². The van der Waals surface area contributed by atoms with Crippen LogP contribution in [-0.2, 0) is 0 Å². The standard InChI is InChI=1S/C8H8N4S2/c9-6-2-1-5(3-7(6)10)13-8-11-4-12-14-8/h1-4H,9-10H2. The second-order valence-electron chi connectivity index (χ2n) is 2.60. The first-order valence-corrected chi connectivity index (χ1v) is 5.44. The fraction of sp³-hybridized carbons (Fsp3) is 0. The van der Waals surface area contributed by atoms with Crippen LogP contribution in [0, 0.1) is 0 Å². The maximum absolute atomic E-state index is 5.68. The first kappa shape index (κ1) is 9.29. The normalized spacial score (nSPS) is 10.3. The molecule has 4 nitrogen and oxygen atoms in total. The molecule has 0 atom stereocenters. The van der Waals surface area contributed by atoms with Crippen molar-refractivity contribution in [2.24, 2.45) is 0 Å². The number of aromatic nitrogens is 2. The summed E-state index contributed by atoms with van der Waals surface area (Å²) in [7, 11) is 0. The second kappa shape index (κ2) is 3.85. The van der Waals surface area contributed by atoms with Crippen molar-refractivity contribution in [1.82, 2.24) is 9.36 Å². The summed E-state index contributed by atoms with van der Waals surface area (Å²) in [5, 5.41) is 0. The lowest BCUT2D eigenvalue weighted by molar-refractivity contribution is 1.21. The number of rotatable bonds is 2. The maximum atomic E-state index is 5.68. The Kier molecular flexibility index (Phi) is 2.55. The highest BCUT2D eigenvalue weighted by Gasteiger charge is 2.02. The predicted molar refractivity (Wildman–Crippen MR) is 59.3 cm³/mol. The van der Waals surface area contributed by atoms with Gasteiger partial charge in [-0.3, -0.25) is 0 Å². The second-order valence-corrected chi connectivity index (χ2v) is 4.70. The Morgan fingerprint density at radius 2 is 2.07 bits per heavy atom. The van der Waals surface area contributed by atoms with E-state index in [2.05, 4.69) is 9.36 Å². The highest BCUT2D eigenvalue weighted by atomic mass is 32.2. The van der Waals surface area contributed by atoms with Crippen molar-refractivity contribution >= 4 is 34.7 Å². The minimum atomic E-state index is 0.597. The molecular weight excluding hydrogens is 216 g/mol. The summed E-state index contributed by atoms with van der Waals surface area (Å²) >= 11 is 2.88. The topological polar surface area (TPSA) is 77.8 Å². The van der Waals surface area contributed by atoms with Gasteiger partial charge < -0.3 is 11.5 Å². The fourth-order valence-electron chi connectivity index (χ4n) is 0.925. The first-order valence-electron chi connectivity index (χ1n) is 3.85. The van der Waals surface area contributed by atoms with Gasteiger partial charge >= 0.3 is 0 Å². The fourth-order valence-corrected chi connectivity index (χ4v) is 2.39. The van der Waals surface area contributed by atoms with Crippen LogP contribution in [0.4, 0.5) is 11.4 Å². The van der Waals surface area contributed by atoms with Gasteiger partial charge in [0.25, 0.3) is 0 Å². The van der Waals surface area contributed by atoms with Crippen LogP contribution < -0.4 is 11.5 Å². The zero-order chi connectivity index (χ0) is 9.97. The summed E-state index contributed by atoms with van der Waals surface area (Å²) in [5.41, 5.74) is 12.5. The molecule has 1 aromatic heterocycles. The third kappa shape index (κ3) is 1.97. The Labute approximate surface area is 89.5 Å². The molecule has 0 saturated heterocycles. The van der Waals surface area contributed by atoms with E-state index in [4.69, 9.17) is 11.5 Å². The molecule has 0 aliphatic rings. The lowest BCUT2D eigenvalue weighted by atomic mass is 10.3. The maximum Gasteiger partial charge on any atom is 0.174 e. The van der Waals surface area contributed by atoms with Crippen LogP contribution in [0.1, 0.15) is 0 Å². The Hall–Kier alpha value is -1.27. The lowest BCUT2D eigenvalue weighted by Gasteiger charge is -2.01. The molecule has 2 aromatic rings. The molecule has 6 heteroatoms. The molecule has 0 aliphatic heterocycles. The van der Waals surface area contributed by atoms with Crippen LogP contribution in [0.5, 0.6) is 0 Å². The van der Waals surface area contributed by atoms with Gasteiger partial charge in [0.1, 0.15) is 6.33 Å². The first-order chi connectivity index (χ1) is 6.75. The van der Waals surface area contributed by atoms with Crippen molar-refractivity contribution in [3.05, 3.63) is 24.5 Å². The molecule has 0 amide bonds. The molecule has 0 aliphatic carbocycles. The van der Waals surface area contributed by atoms with Gasteiger partial charge in [-0.15, -0.1) is 0 Å². The Morgan fingerprint density at radius 3 is 2.71 bits per heavy atom. The van der Waals surface area contributed by atoms with Crippen LogP contribution in [0.15, 0.2) is 33.8 Å². The lowest BCUT2D eigenvalue weighted by Crippen LogP contribution is -1.93. The molecule has 0 unspecified atom stereocenters. The molecule has 0 spiro atoms. The zero-order valence-corrected chi connectivity index (χ0v) is 8.81. The van der Waals surface area contributed by atoms with Gasteiger partial charge in [-0.25, -0.2) is 4.98 Å². The zero-order valence-electron chi connectivity index (χ0n) is 7.18. The number of anilines is 2. The van der Waals surface area contributed by atoms with Crippen LogP contribution in [0.2, 0.25) is 0 Å². The average Bonchev–Trinajstić information content (AvgIpc) is 2.64. The molecule has 0 radical (unpaired) electrons. The van der Waals surface area contributed by atoms with E-state index < -0.39 is 0 Å². The highest BCUT2D eigenvalue weighted by molar-refractivity contribution is 8.01. The van der Waals surface area contributed by atoms with E-state index in [0.717, 1.165) is 9.24 Å². The van der Waals surface area contributed by atoms with Gasteiger partial charge in [0.2, 0.25) is 0 Å². The minimum absolute atomic E-state index is 0.597. The van der Waals surface area contributed by atoms with Crippen molar-refractivity contribution in [3.63, 3.8) is 0 Å². The van der Waals surface area contributed by atoms with E-state index in [0.29, 0.717) is 11.4 Å². The molecular formula is C8H8N4S2. The third-order valence-electron chi connectivity index (χ3n) is 1.60. The number of hydrogen-bond acceptors (Lipinski definition) is 6. The number of nitrogens with zero attached hydrogens (tertiary/aromatic N) is 2. The third-order valence-corrected chi connectivity index (χ3v) is 3.31. The van der Waals surface area contributed by atoms with Gasteiger partial charge in [0.05, 0.1) is 11.4 Å². The van der Waals surface area contributed by atoms with E-state index in [9.17, 15) is 0 Å². The summed E-state index contributed by atoms with van der Waals surface area (Å²) in [6.45, 7) is 0. The SMILES string of the molecule is Nc1ccc(Sc2ncns2)cc1N. The molecule has 2 rings (SSSR count). The molecule has 0 bridgehead atoms. The molecule has 72 valence electrons. The van der Waals surface area contributed by atoms with Gasteiger partial charge in [-0.2, -0.15) is 4.37 Å². The van der Waals surface area contributed by atoms with E-state index in [1.54, 1.807) is 6.07 Å². The monoisotopic (exact) mass is 224 g/mol. The number of nitrogen functional groups attached to an aromatic ring is 2. The smallest absolute Gasteiger partial charge is 0.174 e. The number of nitrogens with two attached hydrogens (primary N) is 2. The Balaban J connectivity index is 2.22. The molecule has 1 heterocycles. The number of benzene rings is 1. The van der Waals surface area contributed by atoms with Gasteiger partial charge in [0, 0.05) is 4.90 Å². The van der Waals surface area contributed by atoms with Crippen molar-refractivity contribution < 1.29 is 0 Å². The summed E-state index contributed by atoms with van der Waals surface area (Å²) in [4.78, 5) is 5.08. The van der Waals surface area contributed by atoms with Crippen molar-refractivity contribution in [2.45, 2.75) is 9.24 Å². The summed E-state index contributed by atoms with van der Waals surface area (Å²) in [6.07, 6.45) is 1.54. The largest absolute Gasteiger partial charge is 0.397 e. The van der Waals surface area contributed by atoms with Gasteiger partial charge in [-0.05, 0) is 29.7 Å². The molecule has 1 aromatic carbocycles. The molecule has 4 N–H and O–H groups in total. The van der Waals surface area contributed by atoms with Crippen LogP contribution in [0.3, 0.4) is 0 Å². The van der Waals surface area contributed by atoms with E-state index >= 15 is 0 Å². The number of hydrogen-bond donors (Lipinski definition) is 2. The Morgan fingerprint density at radius 1 is 1.21 bits per heavy atom. The van der Waals surface area contributed by atoms with Gasteiger partial charge in [-0.1, -0.05) is 11.8 Å². The highest BCUT2D eigenvalue weighted by Crippen LogP contribution is 2.30. The van der Waals surface area contributed by atoms with E-state index in [1.807, 2.05) is 12.1 Å².